The number of nitrogens with zero attached hydrogens (tertiary/aromatic N) is 1. The molecule has 1 N–H and O–H groups in total. The fourth-order valence-electron chi connectivity index (χ4n) is 2.14. The molecule has 130 valence electrons. The first kappa shape index (κ1) is 18.3. The summed E-state index contributed by atoms with van der Waals surface area (Å²) in [5.41, 5.74) is 0.811. The summed E-state index contributed by atoms with van der Waals surface area (Å²) in [4.78, 5) is 16.4. The van der Waals surface area contributed by atoms with Gasteiger partial charge in [-0.15, -0.1) is 0 Å². The highest BCUT2D eigenvalue weighted by Crippen LogP contribution is 2.29. The Morgan fingerprint density at radius 3 is 2.68 bits per heavy atom. The van der Waals surface area contributed by atoms with Crippen LogP contribution >= 0.6 is 46.1 Å². The zero-order chi connectivity index (χ0) is 17.8. The SMILES string of the molecule is O=C(CCCOc1ccc(Cl)cc1Cl)Nc1nc2ccc(Cl)cc2s1. The second kappa shape index (κ2) is 8.23. The van der Waals surface area contributed by atoms with E-state index >= 15 is 0 Å². The van der Waals surface area contributed by atoms with E-state index in [9.17, 15) is 4.79 Å². The van der Waals surface area contributed by atoms with Gasteiger partial charge >= 0.3 is 0 Å². The van der Waals surface area contributed by atoms with Crippen LogP contribution in [0.3, 0.4) is 0 Å². The first-order chi connectivity index (χ1) is 12.0. The van der Waals surface area contributed by atoms with Gasteiger partial charge in [0.2, 0.25) is 5.91 Å². The van der Waals surface area contributed by atoms with E-state index in [1.165, 1.54) is 11.3 Å². The number of carbonyl (C=O) groups excluding carboxylic acids is 1. The Morgan fingerprint density at radius 2 is 1.88 bits per heavy atom. The molecule has 1 aromatic heterocycles. The largest absolute Gasteiger partial charge is 0.492 e. The number of hydrogen-bond acceptors (Lipinski definition) is 4. The quantitative estimate of drug-likeness (QED) is 0.498. The molecule has 1 amide bonds. The Balaban J connectivity index is 1.47. The van der Waals surface area contributed by atoms with E-state index in [1.807, 2.05) is 12.1 Å². The molecule has 0 fully saturated rings. The molecule has 4 nitrogen and oxygen atoms in total. The van der Waals surface area contributed by atoms with Gasteiger partial charge < -0.3 is 10.1 Å². The maximum atomic E-state index is 12.0. The second-order valence-corrected chi connectivity index (χ2v) is 7.52. The Hall–Kier alpha value is -1.53. The number of carbonyl (C=O) groups is 1. The minimum absolute atomic E-state index is 0.115. The maximum Gasteiger partial charge on any atom is 0.226 e. The number of nitrogens with one attached hydrogen (secondary N) is 1. The van der Waals surface area contributed by atoms with Gasteiger partial charge in [0, 0.05) is 16.5 Å². The summed E-state index contributed by atoms with van der Waals surface area (Å²) in [6.07, 6.45) is 0.878. The molecule has 0 saturated heterocycles. The van der Waals surface area contributed by atoms with Crippen LogP contribution < -0.4 is 10.1 Å². The average Bonchev–Trinajstić information content (AvgIpc) is 2.94. The first-order valence-corrected chi connectivity index (χ1v) is 9.40. The van der Waals surface area contributed by atoms with Gasteiger partial charge in [-0.2, -0.15) is 0 Å². The molecule has 0 bridgehead atoms. The summed E-state index contributed by atoms with van der Waals surface area (Å²) in [5, 5.41) is 5.00. The Labute approximate surface area is 163 Å². The van der Waals surface area contributed by atoms with Gasteiger partial charge in [-0.05, 0) is 42.8 Å². The second-order valence-electron chi connectivity index (χ2n) is 5.21. The fourth-order valence-corrected chi connectivity index (χ4v) is 3.76. The van der Waals surface area contributed by atoms with E-state index in [0.717, 1.165) is 10.2 Å². The molecule has 0 unspecified atom stereocenters. The predicted octanol–water partition coefficient (Wildman–Crippen LogP) is 6.05. The third kappa shape index (κ3) is 4.98. The number of halogens is 3. The number of ether oxygens (including phenoxy) is 1. The van der Waals surface area contributed by atoms with Crippen molar-refractivity contribution in [1.29, 1.82) is 0 Å². The highest BCUT2D eigenvalue weighted by Gasteiger charge is 2.09. The molecule has 2 aromatic carbocycles. The molecule has 0 aliphatic rings. The van der Waals surface area contributed by atoms with Crippen molar-refractivity contribution in [3.05, 3.63) is 51.5 Å². The smallest absolute Gasteiger partial charge is 0.226 e. The number of thiazole rings is 1. The third-order valence-corrected chi connectivity index (χ3v) is 5.00. The number of amides is 1. The van der Waals surface area contributed by atoms with Crippen LogP contribution in [0.4, 0.5) is 5.13 Å². The van der Waals surface area contributed by atoms with E-state index in [2.05, 4.69) is 10.3 Å². The average molecular weight is 416 g/mol. The zero-order valence-corrected chi connectivity index (χ0v) is 16.0. The molecule has 0 spiro atoms. The Morgan fingerprint density at radius 1 is 1.12 bits per heavy atom. The van der Waals surface area contributed by atoms with Crippen LogP contribution in [0.15, 0.2) is 36.4 Å². The summed E-state index contributed by atoms with van der Waals surface area (Å²) in [6, 6.07) is 10.5. The van der Waals surface area contributed by atoms with Crippen LogP contribution in [-0.2, 0) is 4.79 Å². The van der Waals surface area contributed by atoms with Crippen molar-refractivity contribution < 1.29 is 9.53 Å². The van der Waals surface area contributed by atoms with E-state index < -0.39 is 0 Å². The standard InChI is InChI=1S/C17H13Cl3N2O2S/c18-10-4-6-14(12(20)8-10)24-7-1-2-16(23)22-17-21-13-5-3-11(19)9-15(13)25-17/h3-6,8-9H,1-2,7H2,(H,21,22,23). The van der Waals surface area contributed by atoms with Crippen molar-refractivity contribution in [2.24, 2.45) is 0 Å². The van der Waals surface area contributed by atoms with Gasteiger partial charge in [-0.3, -0.25) is 4.79 Å². The first-order valence-electron chi connectivity index (χ1n) is 7.45. The zero-order valence-electron chi connectivity index (χ0n) is 12.9. The molecule has 3 rings (SSSR count). The van der Waals surface area contributed by atoms with Crippen LogP contribution in [0, 0.1) is 0 Å². The normalized spacial score (nSPS) is 10.8. The number of anilines is 1. The summed E-state index contributed by atoms with van der Waals surface area (Å²) in [5.74, 6) is 0.436. The third-order valence-electron chi connectivity index (χ3n) is 3.30. The van der Waals surface area contributed by atoms with Crippen LogP contribution in [0.5, 0.6) is 5.75 Å². The molecule has 0 aliphatic heterocycles. The van der Waals surface area contributed by atoms with E-state index in [0.29, 0.717) is 45.4 Å². The lowest BCUT2D eigenvalue weighted by atomic mass is 10.3. The highest BCUT2D eigenvalue weighted by atomic mass is 35.5. The monoisotopic (exact) mass is 414 g/mol. The van der Waals surface area contributed by atoms with Gasteiger partial charge in [0.15, 0.2) is 5.13 Å². The molecular formula is C17H13Cl3N2O2S. The van der Waals surface area contributed by atoms with Crippen LogP contribution in [0.25, 0.3) is 10.2 Å². The van der Waals surface area contributed by atoms with Crippen LogP contribution in [-0.4, -0.2) is 17.5 Å². The van der Waals surface area contributed by atoms with E-state index in [-0.39, 0.29) is 5.91 Å². The van der Waals surface area contributed by atoms with Crippen LogP contribution in [0.1, 0.15) is 12.8 Å². The number of aromatic nitrogens is 1. The molecule has 3 aromatic rings. The molecule has 0 radical (unpaired) electrons. The van der Waals surface area contributed by atoms with Gasteiger partial charge in [0.05, 0.1) is 21.8 Å². The van der Waals surface area contributed by atoms with Gasteiger partial charge in [0.1, 0.15) is 5.75 Å². The van der Waals surface area contributed by atoms with Crippen molar-refractivity contribution >= 4 is 67.4 Å². The molecule has 0 saturated carbocycles. The fraction of sp³-hybridized carbons (Fsp3) is 0.176. The maximum absolute atomic E-state index is 12.0. The topological polar surface area (TPSA) is 51.2 Å². The molecule has 0 atom stereocenters. The highest BCUT2D eigenvalue weighted by molar-refractivity contribution is 7.22. The lowest BCUT2D eigenvalue weighted by Crippen LogP contribution is -2.12. The van der Waals surface area contributed by atoms with Crippen molar-refractivity contribution in [1.82, 2.24) is 4.98 Å². The lowest BCUT2D eigenvalue weighted by Gasteiger charge is -2.08. The van der Waals surface area contributed by atoms with E-state index in [1.54, 1.807) is 24.3 Å². The van der Waals surface area contributed by atoms with Gasteiger partial charge in [0.25, 0.3) is 0 Å². The number of fused-ring (bicyclic) bond motifs is 1. The minimum Gasteiger partial charge on any atom is -0.492 e. The number of rotatable bonds is 6. The molecule has 25 heavy (non-hydrogen) atoms. The summed E-state index contributed by atoms with van der Waals surface area (Å²) < 4.78 is 6.49. The van der Waals surface area contributed by atoms with Gasteiger partial charge in [-0.25, -0.2) is 4.98 Å². The summed E-state index contributed by atoms with van der Waals surface area (Å²) in [6.45, 7) is 0.379. The number of benzene rings is 2. The van der Waals surface area contributed by atoms with E-state index in [4.69, 9.17) is 39.5 Å². The van der Waals surface area contributed by atoms with Crippen molar-refractivity contribution in [3.8, 4) is 5.75 Å². The summed E-state index contributed by atoms with van der Waals surface area (Å²) in [7, 11) is 0. The van der Waals surface area contributed by atoms with Crippen molar-refractivity contribution in [2.75, 3.05) is 11.9 Å². The summed E-state index contributed by atoms with van der Waals surface area (Å²) >= 11 is 19.2. The molecule has 1 heterocycles. The molecule has 8 heteroatoms. The Kier molecular flexibility index (Phi) is 6.02. The molecule has 0 aliphatic carbocycles. The van der Waals surface area contributed by atoms with Crippen molar-refractivity contribution in [2.45, 2.75) is 12.8 Å². The molecular weight excluding hydrogens is 403 g/mol. The number of hydrogen-bond donors (Lipinski definition) is 1. The minimum atomic E-state index is -0.115. The predicted molar refractivity (Wildman–Crippen MR) is 104 cm³/mol. The Bertz CT molecular complexity index is 914. The van der Waals surface area contributed by atoms with Gasteiger partial charge in [-0.1, -0.05) is 46.1 Å². The van der Waals surface area contributed by atoms with Crippen LogP contribution in [0.2, 0.25) is 15.1 Å². The lowest BCUT2D eigenvalue weighted by molar-refractivity contribution is -0.116. The van der Waals surface area contributed by atoms with Crippen molar-refractivity contribution in [3.63, 3.8) is 0 Å².